The molecule has 5 heteroatoms. The summed E-state index contributed by atoms with van der Waals surface area (Å²) in [6, 6.07) is 0. The first-order valence-electron chi connectivity index (χ1n) is 7.32. The van der Waals surface area contributed by atoms with Crippen LogP contribution in [0, 0.1) is 23.7 Å². The zero-order valence-corrected chi connectivity index (χ0v) is 12.3. The number of nitrogens with zero attached hydrogens (tertiary/aromatic N) is 1. The highest BCUT2D eigenvalue weighted by Crippen LogP contribution is 2.60. The van der Waals surface area contributed by atoms with Crippen molar-refractivity contribution in [1.29, 1.82) is 0 Å². The van der Waals surface area contributed by atoms with Gasteiger partial charge >= 0.3 is 5.97 Å². The van der Waals surface area contributed by atoms with Crippen molar-refractivity contribution in [2.75, 3.05) is 13.1 Å². The van der Waals surface area contributed by atoms with Gasteiger partial charge in [0.15, 0.2) is 0 Å². The van der Waals surface area contributed by atoms with E-state index in [9.17, 15) is 9.59 Å². The van der Waals surface area contributed by atoms with Gasteiger partial charge in [-0.3, -0.25) is 9.59 Å². The van der Waals surface area contributed by atoms with E-state index < -0.39 is 0 Å². The van der Waals surface area contributed by atoms with Crippen LogP contribution in [0.25, 0.3) is 0 Å². The molecule has 0 unspecified atom stereocenters. The van der Waals surface area contributed by atoms with Gasteiger partial charge in [-0.2, -0.15) is 0 Å². The Morgan fingerprint density at radius 1 is 1.21 bits per heavy atom. The number of amides is 1. The molecule has 2 aliphatic carbocycles. The Morgan fingerprint density at radius 3 is 2.68 bits per heavy atom. The van der Waals surface area contributed by atoms with Crippen LogP contribution in [0.4, 0.5) is 0 Å². The number of carbonyl (C=O) groups excluding carboxylic acids is 2. The summed E-state index contributed by atoms with van der Waals surface area (Å²) in [5.74, 6) is 0.368. The molecule has 2 heterocycles. The minimum Gasteiger partial charge on any atom is -0.461 e. The fourth-order valence-electron chi connectivity index (χ4n) is 4.63. The van der Waals surface area contributed by atoms with E-state index in [0.717, 1.165) is 32.4 Å². The van der Waals surface area contributed by atoms with E-state index in [-0.39, 0.29) is 40.6 Å². The lowest BCUT2D eigenvalue weighted by Crippen LogP contribution is -2.46. The maximum Gasteiger partial charge on any atom is 0.310 e. The average Bonchev–Trinajstić information content (AvgIpc) is 3.03. The minimum absolute atomic E-state index is 0.0212. The summed E-state index contributed by atoms with van der Waals surface area (Å²) < 4.78 is 5.46. The first kappa shape index (κ1) is 12.2. The van der Waals surface area contributed by atoms with Crippen molar-refractivity contribution < 1.29 is 14.3 Å². The first-order chi connectivity index (χ1) is 9.18. The maximum atomic E-state index is 12.8. The van der Waals surface area contributed by atoms with Gasteiger partial charge in [0.05, 0.1) is 16.7 Å². The molecule has 0 spiro atoms. The predicted molar refractivity (Wildman–Crippen MR) is 71.6 cm³/mol. The number of likely N-dealkylation sites (tertiary alicyclic amines) is 1. The van der Waals surface area contributed by atoms with Gasteiger partial charge in [-0.15, -0.1) is 0 Å². The summed E-state index contributed by atoms with van der Waals surface area (Å²) in [5, 5.41) is 0. The molecule has 4 nitrogen and oxygen atoms in total. The normalized spacial score (nSPS) is 47.6. The van der Waals surface area contributed by atoms with E-state index in [0.29, 0.717) is 5.92 Å². The molecule has 0 aromatic rings. The molecule has 104 valence electrons. The Balaban J connectivity index is 1.61. The zero-order chi connectivity index (χ0) is 13.1. The number of carbonyl (C=O) groups is 2. The molecule has 1 amide bonds. The molecule has 2 bridgehead atoms. The van der Waals surface area contributed by atoms with Gasteiger partial charge in [0, 0.05) is 19.0 Å². The largest absolute Gasteiger partial charge is 0.461 e. The van der Waals surface area contributed by atoms with Crippen molar-refractivity contribution in [2.45, 2.75) is 36.6 Å². The van der Waals surface area contributed by atoms with Gasteiger partial charge < -0.3 is 9.64 Å². The third-order valence-corrected chi connectivity index (χ3v) is 6.68. The summed E-state index contributed by atoms with van der Waals surface area (Å²) in [5.41, 5.74) is 0. The molecule has 0 N–H and O–H groups in total. The quantitative estimate of drug-likeness (QED) is 0.542. The van der Waals surface area contributed by atoms with Crippen LogP contribution in [0.15, 0.2) is 0 Å². The fraction of sp³-hybridized carbons (Fsp3) is 0.857. The highest BCUT2D eigenvalue weighted by molar-refractivity contribution is 9.09. The molecular formula is C14H18BrNO3. The number of halogens is 1. The van der Waals surface area contributed by atoms with Crippen molar-refractivity contribution in [3.05, 3.63) is 0 Å². The lowest BCUT2D eigenvalue weighted by atomic mass is 9.79. The number of ether oxygens (including phenoxy) is 1. The minimum atomic E-state index is -0.154. The van der Waals surface area contributed by atoms with Crippen LogP contribution in [0.1, 0.15) is 25.7 Å². The summed E-state index contributed by atoms with van der Waals surface area (Å²) in [6.07, 6.45) is 4.41. The Hall–Kier alpha value is -0.580. The lowest BCUT2D eigenvalue weighted by Gasteiger charge is -2.34. The van der Waals surface area contributed by atoms with Gasteiger partial charge in [0.2, 0.25) is 5.91 Å². The zero-order valence-electron chi connectivity index (χ0n) is 10.8. The van der Waals surface area contributed by atoms with Crippen molar-refractivity contribution in [1.82, 2.24) is 4.90 Å². The molecule has 4 aliphatic rings. The number of fused-ring (bicyclic) bond motifs is 1. The van der Waals surface area contributed by atoms with E-state index >= 15 is 0 Å². The van der Waals surface area contributed by atoms with E-state index in [4.69, 9.17) is 4.74 Å². The third kappa shape index (κ3) is 1.57. The monoisotopic (exact) mass is 327 g/mol. The van der Waals surface area contributed by atoms with Crippen LogP contribution in [-0.2, 0) is 14.3 Å². The molecule has 2 aliphatic heterocycles. The number of hydrogen-bond donors (Lipinski definition) is 0. The standard InChI is InChI=1S/C14H18BrNO3/c15-11-7-6-8-10(14(18)19-12(8)11)9(7)13(17)16-4-2-1-3-5-16/h7-12H,1-6H2/t7-,8-,9+,10-,11+,12-/m0/s1. The van der Waals surface area contributed by atoms with Gasteiger partial charge in [-0.25, -0.2) is 0 Å². The molecule has 4 rings (SSSR count). The second-order valence-electron chi connectivity index (χ2n) is 6.35. The molecule has 19 heavy (non-hydrogen) atoms. The summed E-state index contributed by atoms with van der Waals surface area (Å²) >= 11 is 3.66. The smallest absolute Gasteiger partial charge is 0.310 e. The molecule has 2 saturated carbocycles. The predicted octanol–water partition coefficient (Wildman–Crippen LogP) is 1.57. The summed E-state index contributed by atoms with van der Waals surface area (Å²) in [7, 11) is 0. The van der Waals surface area contributed by atoms with Crippen LogP contribution in [0.3, 0.4) is 0 Å². The SMILES string of the molecule is O=C1O[C@@H]2[C@H](Br)[C@H]3C[C@H]2[C@H]1[C@@H]3C(=O)N1CCCCC1. The van der Waals surface area contributed by atoms with Gasteiger partial charge in [-0.1, -0.05) is 15.9 Å². The number of piperidine rings is 1. The highest BCUT2D eigenvalue weighted by atomic mass is 79.9. The van der Waals surface area contributed by atoms with Gasteiger partial charge in [0.25, 0.3) is 0 Å². The van der Waals surface area contributed by atoms with Crippen molar-refractivity contribution in [3.8, 4) is 0 Å². The lowest BCUT2D eigenvalue weighted by molar-refractivity contribution is -0.148. The van der Waals surface area contributed by atoms with Crippen LogP contribution in [0.2, 0.25) is 0 Å². The molecule has 6 atom stereocenters. The van der Waals surface area contributed by atoms with E-state index in [1.807, 2.05) is 4.90 Å². The fourth-order valence-corrected chi connectivity index (χ4v) is 5.68. The van der Waals surface area contributed by atoms with Gasteiger partial charge in [0.1, 0.15) is 6.10 Å². The molecule has 2 saturated heterocycles. The summed E-state index contributed by atoms with van der Waals surface area (Å²) in [4.78, 5) is 26.9. The Kier molecular flexibility index (Phi) is 2.70. The molecule has 0 radical (unpaired) electrons. The summed E-state index contributed by atoms with van der Waals surface area (Å²) in [6.45, 7) is 1.73. The first-order valence-corrected chi connectivity index (χ1v) is 8.23. The number of esters is 1. The topological polar surface area (TPSA) is 46.6 Å². The van der Waals surface area contributed by atoms with Crippen LogP contribution >= 0.6 is 15.9 Å². The van der Waals surface area contributed by atoms with E-state index in [1.54, 1.807) is 0 Å². The van der Waals surface area contributed by atoms with Crippen molar-refractivity contribution >= 4 is 27.8 Å². The Bertz CT molecular complexity index is 434. The second kappa shape index (κ2) is 4.21. The van der Waals surface area contributed by atoms with Crippen LogP contribution < -0.4 is 0 Å². The second-order valence-corrected chi connectivity index (χ2v) is 7.40. The van der Waals surface area contributed by atoms with Crippen LogP contribution in [-0.4, -0.2) is 40.8 Å². The highest BCUT2D eigenvalue weighted by Gasteiger charge is 2.68. The van der Waals surface area contributed by atoms with E-state index in [2.05, 4.69) is 15.9 Å². The molecule has 0 aromatic carbocycles. The third-order valence-electron chi connectivity index (χ3n) is 5.48. The molecule has 4 fully saturated rings. The van der Waals surface area contributed by atoms with E-state index in [1.165, 1.54) is 6.42 Å². The average molecular weight is 328 g/mol. The van der Waals surface area contributed by atoms with Crippen molar-refractivity contribution in [3.63, 3.8) is 0 Å². The Labute approximate surface area is 121 Å². The number of rotatable bonds is 1. The van der Waals surface area contributed by atoms with Crippen molar-refractivity contribution in [2.24, 2.45) is 23.7 Å². The Morgan fingerprint density at radius 2 is 1.95 bits per heavy atom. The molecular weight excluding hydrogens is 310 g/mol. The van der Waals surface area contributed by atoms with Gasteiger partial charge in [-0.05, 0) is 31.6 Å². The number of alkyl halides is 1. The number of hydrogen-bond acceptors (Lipinski definition) is 3. The van der Waals surface area contributed by atoms with Crippen LogP contribution in [0.5, 0.6) is 0 Å². The maximum absolute atomic E-state index is 12.8. The molecule has 0 aromatic heterocycles.